The molecule has 0 unspecified atom stereocenters. The molecule has 0 bridgehead atoms. The summed E-state index contributed by atoms with van der Waals surface area (Å²) in [6.07, 6.45) is 5.32. The Balaban J connectivity index is 2.24. The van der Waals surface area contributed by atoms with E-state index in [1.807, 2.05) is 12.1 Å². The number of thiocarbonyl (C=S) groups is 1. The van der Waals surface area contributed by atoms with Gasteiger partial charge in [-0.3, -0.25) is 0 Å². The molecule has 1 aromatic carbocycles. The van der Waals surface area contributed by atoms with Crippen LogP contribution in [0.5, 0.6) is 5.75 Å². The molecule has 0 aromatic heterocycles. The summed E-state index contributed by atoms with van der Waals surface area (Å²) in [6, 6.07) is 4.03. The standard InChI is InChI=1S/C14H19NOS/c1-9-7-11(14(15)17)8-10(2)13(9)16-12-5-3-4-6-12/h7-8,12H,3-6H2,1-2H3,(H2,15,17). The van der Waals surface area contributed by atoms with Crippen LogP contribution in [0.15, 0.2) is 12.1 Å². The van der Waals surface area contributed by atoms with Crippen molar-refractivity contribution in [3.63, 3.8) is 0 Å². The smallest absolute Gasteiger partial charge is 0.125 e. The van der Waals surface area contributed by atoms with Crippen LogP contribution in [-0.4, -0.2) is 11.1 Å². The predicted octanol–water partition coefficient (Wildman–Crippen LogP) is 3.26. The molecule has 2 nitrogen and oxygen atoms in total. The minimum absolute atomic E-state index is 0.392. The Labute approximate surface area is 108 Å². The van der Waals surface area contributed by atoms with Crippen molar-refractivity contribution in [3.8, 4) is 5.75 Å². The van der Waals surface area contributed by atoms with Crippen LogP contribution in [0.25, 0.3) is 0 Å². The Hall–Kier alpha value is -1.09. The molecule has 1 saturated carbocycles. The molecule has 0 radical (unpaired) electrons. The molecule has 3 heteroatoms. The van der Waals surface area contributed by atoms with Gasteiger partial charge in [-0.15, -0.1) is 0 Å². The molecule has 0 spiro atoms. The van der Waals surface area contributed by atoms with E-state index >= 15 is 0 Å². The molecule has 1 aliphatic carbocycles. The van der Waals surface area contributed by atoms with Crippen LogP contribution in [0.4, 0.5) is 0 Å². The van der Waals surface area contributed by atoms with E-state index in [4.69, 9.17) is 22.7 Å². The average molecular weight is 249 g/mol. The minimum atomic E-state index is 0.392. The summed E-state index contributed by atoms with van der Waals surface area (Å²) in [4.78, 5) is 0.448. The number of aryl methyl sites for hydroxylation is 2. The largest absolute Gasteiger partial charge is 0.490 e. The molecule has 0 atom stereocenters. The lowest BCUT2D eigenvalue weighted by atomic mass is 10.1. The molecular formula is C14H19NOS. The Morgan fingerprint density at radius 1 is 1.24 bits per heavy atom. The van der Waals surface area contributed by atoms with E-state index in [-0.39, 0.29) is 0 Å². The number of rotatable bonds is 3. The highest BCUT2D eigenvalue weighted by Gasteiger charge is 2.18. The molecule has 1 aromatic rings. The van der Waals surface area contributed by atoms with Crippen molar-refractivity contribution in [1.29, 1.82) is 0 Å². The van der Waals surface area contributed by atoms with E-state index in [1.54, 1.807) is 0 Å². The fourth-order valence-electron chi connectivity index (χ4n) is 2.45. The van der Waals surface area contributed by atoms with Crippen molar-refractivity contribution in [2.45, 2.75) is 45.6 Å². The maximum Gasteiger partial charge on any atom is 0.125 e. The summed E-state index contributed by atoms with van der Waals surface area (Å²) in [5.74, 6) is 1.01. The Morgan fingerprint density at radius 2 is 1.76 bits per heavy atom. The van der Waals surface area contributed by atoms with Crippen LogP contribution in [0.3, 0.4) is 0 Å². The van der Waals surface area contributed by atoms with E-state index in [1.165, 1.54) is 25.7 Å². The summed E-state index contributed by atoms with van der Waals surface area (Å²) in [5.41, 5.74) is 8.83. The summed E-state index contributed by atoms with van der Waals surface area (Å²) >= 11 is 5.01. The maximum atomic E-state index is 6.09. The molecule has 92 valence electrons. The molecule has 0 heterocycles. The third-order valence-corrected chi connectivity index (χ3v) is 3.57. The lowest BCUT2D eigenvalue weighted by Crippen LogP contribution is -2.14. The molecule has 17 heavy (non-hydrogen) atoms. The van der Waals surface area contributed by atoms with Gasteiger partial charge in [0.1, 0.15) is 10.7 Å². The van der Waals surface area contributed by atoms with Crippen molar-refractivity contribution in [3.05, 3.63) is 28.8 Å². The van der Waals surface area contributed by atoms with Gasteiger partial charge in [0.25, 0.3) is 0 Å². The second kappa shape index (κ2) is 5.05. The molecule has 0 saturated heterocycles. The minimum Gasteiger partial charge on any atom is -0.490 e. The number of nitrogens with two attached hydrogens (primary N) is 1. The molecule has 0 aliphatic heterocycles. The molecule has 1 fully saturated rings. The van der Waals surface area contributed by atoms with Gasteiger partial charge in [0.15, 0.2) is 0 Å². The lowest BCUT2D eigenvalue weighted by Gasteiger charge is -2.18. The third-order valence-electron chi connectivity index (χ3n) is 3.33. The summed E-state index contributed by atoms with van der Waals surface area (Å²) in [7, 11) is 0. The van der Waals surface area contributed by atoms with E-state index in [2.05, 4.69) is 13.8 Å². The second-order valence-corrected chi connectivity index (χ2v) is 5.27. The first-order valence-electron chi connectivity index (χ1n) is 6.15. The molecule has 0 amide bonds. The van der Waals surface area contributed by atoms with E-state index in [0.29, 0.717) is 11.1 Å². The summed E-state index contributed by atoms with van der Waals surface area (Å²) in [6.45, 7) is 4.11. The van der Waals surface area contributed by atoms with Crippen LogP contribution < -0.4 is 10.5 Å². The van der Waals surface area contributed by atoms with Gasteiger partial charge in [0.2, 0.25) is 0 Å². The normalized spacial score (nSPS) is 16.1. The molecule has 2 rings (SSSR count). The topological polar surface area (TPSA) is 35.2 Å². The van der Waals surface area contributed by atoms with Crippen LogP contribution in [-0.2, 0) is 0 Å². The van der Waals surface area contributed by atoms with Crippen LogP contribution in [0, 0.1) is 13.8 Å². The summed E-state index contributed by atoms with van der Waals surface area (Å²) in [5, 5.41) is 0. The van der Waals surface area contributed by atoms with Gasteiger partial charge in [0, 0.05) is 5.56 Å². The van der Waals surface area contributed by atoms with E-state index < -0.39 is 0 Å². The SMILES string of the molecule is Cc1cc(C(N)=S)cc(C)c1OC1CCCC1. The summed E-state index contributed by atoms with van der Waals surface area (Å²) < 4.78 is 6.09. The fraction of sp³-hybridized carbons (Fsp3) is 0.500. The second-order valence-electron chi connectivity index (χ2n) is 4.83. The zero-order valence-electron chi connectivity index (χ0n) is 10.5. The van der Waals surface area contributed by atoms with Gasteiger partial charge >= 0.3 is 0 Å². The predicted molar refractivity (Wildman–Crippen MR) is 74.7 cm³/mol. The number of hydrogen-bond acceptors (Lipinski definition) is 2. The zero-order chi connectivity index (χ0) is 12.4. The highest BCUT2D eigenvalue weighted by molar-refractivity contribution is 7.80. The van der Waals surface area contributed by atoms with Crippen molar-refractivity contribution < 1.29 is 4.74 Å². The van der Waals surface area contributed by atoms with Crippen LogP contribution in [0.2, 0.25) is 0 Å². The first-order chi connectivity index (χ1) is 8.08. The van der Waals surface area contributed by atoms with Crippen molar-refractivity contribution in [2.75, 3.05) is 0 Å². The van der Waals surface area contributed by atoms with Gasteiger partial charge in [-0.1, -0.05) is 12.2 Å². The number of benzene rings is 1. The first-order valence-corrected chi connectivity index (χ1v) is 6.56. The van der Waals surface area contributed by atoms with Crippen LogP contribution >= 0.6 is 12.2 Å². The van der Waals surface area contributed by atoms with Gasteiger partial charge in [-0.25, -0.2) is 0 Å². The monoisotopic (exact) mass is 249 g/mol. The quantitative estimate of drug-likeness (QED) is 0.835. The van der Waals surface area contributed by atoms with Gasteiger partial charge < -0.3 is 10.5 Å². The molecule has 2 N–H and O–H groups in total. The van der Waals surface area contributed by atoms with Gasteiger partial charge in [-0.05, 0) is 62.8 Å². The number of hydrogen-bond donors (Lipinski definition) is 1. The van der Waals surface area contributed by atoms with Gasteiger partial charge in [0.05, 0.1) is 6.10 Å². The Bertz CT molecular complexity index is 413. The van der Waals surface area contributed by atoms with Crippen molar-refractivity contribution >= 4 is 17.2 Å². The van der Waals surface area contributed by atoms with E-state index in [0.717, 1.165) is 22.4 Å². The number of ether oxygens (including phenoxy) is 1. The first kappa shape index (κ1) is 12.4. The highest BCUT2D eigenvalue weighted by atomic mass is 32.1. The van der Waals surface area contributed by atoms with Crippen molar-refractivity contribution in [1.82, 2.24) is 0 Å². The zero-order valence-corrected chi connectivity index (χ0v) is 11.3. The Morgan fingerprint density at radius 3 is 2.24 bits per heavy atom. The Kier molecular flexibility index (Phi) is 3.67. The molecular weight excluding hydrogens is 230 g/mol. The third kappa shape index (κ3) is 2.78. The maximum absolute atomic E-state index is 6.09. The fourth-order valence-corrected chi connectivity index (χ4v) is 2.57. The van der Waals surface area contributed by atoms with Crippen molar-refractivity contribution in [2.24, 2.45) is 5.73 Å². The van der Waals surface area contributed by atoms with Crippen LogP contribution in [0.1, 0.15) is 42.4 Å². The molecule has 1 aliphatic rings. The lowest BCUT2D eigenvalue weighted by molar-refractivity contribution is 0.207. The average Bonchev–Trinajstić information content (AvgIpc) is 2.75. The van der Waals surface area contributed by atoms with E-state index in [9.17, 15) is 0 Å². The van der Waals surface area contributed by atoms with Gasteiger partial charge in [-0.2, -0.15) is 0 Å². The highest BCUT2D eigenvalue weighted by Crippen LogP contribution is 2.30.